The number of hydrogen-bond acceptors (Lipinski definition) is 3. The predicted octanol–water partition coefficient (Wildman–Crippen LogP) is 4.02. The van der Waals surface area contributed by atoms with Crippen LogP contribution in [0.5, 0.6) is 0 Å². The Morgan fingerprint density at radius 1 is 1.20 bits per heavy atom. The zero-order valence-electron chi connectivity index (χ0n) is 15.5. The number of nitrogens with zero attached hydrogens (tertiary/aromatic N) is 2. The fourth-order valence-corrected chi connectivity index (χ4v) is 2.25. The van der Waals surface area contributed by atoms with Crippen LogP contribution in [-0.2, 0) is 13.0 Å². The molecular weight excluding hydrogens is 427 g/mol. The smallest absolute Gasteiger partial charge is 0.191 e. The quantitative estimate of drug-likeness (QED) is 0.375. The average molecular weight is 456 g/mol. The second-order valence-electron chi connectivity index (χ2n) is 6.23. The van der Waals surface area contributed by atoms with Crippen LogP contribution in [0.1, 0.15) is 49.3 Å². The maximum absolute atomic E-state index is 5.33. The molecule has 0 atom stereocenters. The molecule has 1 aromatic carbocycles. The molecule has 0 saturated carbocycles. The minimum absolute atomic E-state index is 0. The average Bonchev–Trinajstić information content (AvgIpc) is 3.04. The van der Waals surface area contributed by atoms with E-state index in [2.05, 4.69) is 72.7 Å². The third-order valence-electron chi connectivity index (χ3n) is 3.73. The number of aromatic nitrogens is 1. The maximum Gasteiger partial charge on any atom is 0.191 e. The van der Waals surface area contributed by atoms with Gasteiger partial charge in [-0.3, -0.25) is 0 Å². The molecule has 0 amide bonds. The summed E-state index contributed by atoms with van der Waals surface area (Å²) in [6, 6.07) is 10.6. The van der Waals surface area contributed by atoms with E-state index in [1.165, 1.54) is 11.1 Å². The van der Waals surface area contributed by atoms with Crippen LogP contribution in [0.25, 0.3) is 0 Å². The first-order valence-corrected chi connectivity index (χ1v) is 8.61. The molecule has 1 heterocycles. The Hall–Kier alpha value is -1.57. The lowest BCUT2D eigenvalue weighted by atomic mass is 10.1. The summed E-state index contributed by atoms with van der Waals surface area (Å²) in [5.74, 6) is 1.95. The molecule has 1 aromatic heterocycles. The highest BCUT2D eigenvalue weighted by atomic mass is 127. The van der Waals surface area contributed by atoms with Crippen LogP contribution in [0.2, 0.25) is 0 Å². The fourth-order valence-electron chi connectivity index (χ4n) is 2.25. The van der Waals surface area contributed by atoms with Gasteiger partial charge in [-0.2, -0.15) is 0 Å². The Bertz CT molecular complexity index is 650. The minimum Gasteiger partial charge on any atom is -0.359 e. The van der Waals surface area contributed by atoms with Crippen molar-refractivity contribution in [1.82, 2.24) is 15.8 Å². The Morgan fingerprint density at radius 3 is 2.52 bits per heavy atom. The first-order valence-electron chi connectivity index (χ1n) is 8.61. The minimum atomic E-state index is 0. The van der Waals surface area contributed by atoms with E-state index in [-0.39, 0.29) is 24.0 Å². The topological polar surface area (TPSA) is 62.5 Å². The van der Waals surface area contributed by atoms with Gasteiger partial charge in [-0.25, -0.2) is 4.99 Å². The van der Waals surface area contributed by atoms with Crippen molar-refractivity contribution in [1.29, 1.82) is 0 Å². The molecule has 0 unspecified atom stereocenters. The molecule has 0 radical (unpaired) electrons. The van der Waals surface area contributed by atoms with Gasteiger partial charge in [-0.15, -0.1) is 24.0 Å². The molecule has 2 rings (SSSR count). The molecular formula is C19H29IN4O. The highest BCUT2D eigenvalue weighted by Gasteiger charge is 2.07. The summed E-state index contributed by atoms with van der Waals surface area (Å²) in [6.07, 6.45) is 0.963. The van der Waals surface area contributed by atoms with Crippen LogP contribution in [0, 0.1) is 6.92 Å². The second kappa shape index (κ2) is 11.1. The van der Waals surface area contributed by atoms with Gasteiger partial charge in [-0.05, 0) is 31.7 Å². The van der Waals surface area contributed by atoms with Crippen molar-refractivity contribution in [2.45, 2.75) is 46.6 Å². The molecule has 25 heavy (non-hydrogen) atoms. The molecule has 2 N–H and O–H groups in total. The van der Waals surface area contributed by atoms with Gasteiger partial charge in [0.15, 0.2) is 11.7 Å². The number of benzene rings is 1. The summed E-state index contributed by atoms with van der Waals surface area (Å²) in [5.41, 5.74) is 3.58. The molecule has 0 aliphatic carbocycles. The molecule has 0 spiro atoms. The molecule has 138 valence electrons. The third-order valence-corrected chi connectivity index (χ3v) is 3.73. The van der Waals surface area contributed by atoms with Crippen LogP contribution in [0.15, 0.2) is 39.8 Å². The van der Waals surface area contributed by atoms with Gasteiger partial charge in [-0.1, -0.05) is 48.8 Å². The Morgan fingerprint density at radius 2 is 1.92 bits per heavy atom. The molecule has 0 aliphatic heterocycles. The molecule has 5 nitrogen and oxygen atoms in total. The molecule has 0 aliphatic rings. The van der Waals surface area contributed by atoms with Gasteiger partial charge in [0.25, 0.3) is 0 Å². The van der Waals surface area contributed by atoms with E-state index >= 15 is 0 Å². The highest BCUT2D eigenvalue weighted by Crippen LogP contribution is 2.14. The van der Waals surface area contributed by atoms with Gasteiger partial charge in [0.2, 0.25) is 0 Å². The highest BCUT2D eigenvalue weighted by molar-refractivity contribution is 14.0. The van der Waals surface area contributed by atoms with Crippen molar-refractivity contribution >= 4 is 29.9 Å². The lowest BCUT2D eigenvalue weighted by molar-refractivity contribution is 0.376. The van der Waals surface area contributed by atoms with E-state index in [1.54, 1.807) is 0 Å². The van der Waals surface area contributed by atoms with Crippen molar-refractivity contribution in [3.05, 3.63) is 52.9 Å². The fraction of sp³-hybridized carbons (Fsp3) is 0.474. The number of aryl methyl sites for hydroxylation is 1. The zero-order valence-corrected chi connectivity index (χ0v) is 17.8. The largest absolute Gasteiger partial charge is 0.359 e. The number of guanidine groups is 1. The van der Waals surface area contributed by atoms with E-state index in [9.17, 15) is 0 Å². The molecule has 0 saturated heterocycles. The van der Waals surface area contributed by atoms with E-state index in [0.717, 1.165) is 36.9 Å². The molecule has 2 aromatic rings. The van der Waals surface area contributed by atoms with E-state index < -0.39 is 0 Å². The summed E-state index contributed by atoms with van der Waals surface area (Å²) >= 11 is 0. The summed E-state index contributed by atoms with van der Waals surface area (Å²) in [7, 11) is 0. The third kappa shape index (κ3) is 7.46. The number of halogens is 1. The summed E-state index contributed by atoms with van der Waals surface area (Å²) in [4.78, 5) is 4.56. The standard InChI is InChI=1S/C19H28N4O.HI/c1-5-20-19(21-11-10-16-8-6-15(4)7-9-16)22-13-17-12-18(14(2)3)23-24-17;/h6-9,12,14H,5,10-11,13H2,1-4H3,(H2,20,21,22);1H. The van der Waals surface area contributed by atoms with Crippen molar-refractivity contribution in [3.63, 3.8) is 0 Å². The van der Waals surface area contributed by atoms with Crippen LogP contribution in [-0.4, -0.2) is 24.2 Å². The van der Waals surface area contributed by atoms with Crippen molar-refractivity contribution in [2.24, 2.45) is 4.99 Å². The first-order chi connectivity index (χ1) is 11.6. The lowest BCUT2D eigenvalue weighted by Gasteiger charge is -2.11. The number of hydrogen-bond donors (Lipinski definition) is 2. The SMILES string of the molecule is CCNC(=NCc1cc(C(C)C)no1)NCCc1ccc(C)cc1.I. The summed E-state index contributed by atoms with van der Waals surface area (Å²) < 4.78 is 5.33. The number of rotatable bonds is 7. The zero-order chi connectivity index (χ0) is 17.4. The van der Waals surface area contributed by atoms with E-state index in [1.807, 2.05) is 6.07 Å². The Balaban J connectivity index is 0.00000312. The van der Waals surface area contributed by atoms with Crippen molar-refractivity contribution < 1.29 is 4.52 Å². The van der Waals surface area contributed by atoms with Crippen molar-refractivity contribution in [2.75, 3.05) is 13.1 Å². The van der Waals surface area contributed by atoms with E-state index in [0.29, 0.717) is 12.5 Å². The van der Waals surface area contributed by atoms with Crippen LogP contribution in [0.4, 0.5) is 0 Å². The van der Waals surface area contributed by atoms with Crippen LogP contribution < -0.4 is 10.6 Å². The molecule has 6 heteroatoms. The Kier molecular flexibility index (Phi) is 9.55. The van der Waals surface area contributed by atoms with Crippen molar-refractivity contribution in [3.8, 4) is 0 Å². The number of aliphatic imine (C=N–C) groups is 1. The van der Waals surface area contributed by atoms with E-state index in [4.69, 9.17) is 4.52 Å². The number of nitrogens with one attached hydrogen (secondary N) is 2. The predicted molar refractivity (Wildman–Crippen MR) is 114 cm³/mol. The molecule has 0 fully saturated rings. The lowest BCUT2D eigenvalue weighted by Crippen LogP contribution is -2.38. The van der Waals surface area contributed by atoms with Gasteiger partial charge in [0, 0.05) is 19.2 Å². The first kappa shape index (κ1) is 21.5. The summed E-state index contributed by atoms with van der Waals surface area (Å²) in [5, 5.41) is 10.7. The van der Waals surface area contributed by atoms with Gasteiger partial charge < -0.3 is 15.2 Å². The van der Waals surface area contributed by atoms with Gasteiger partial charge >= 0.3 is 0 Å². The normalized spacial score (nSPS) is 11.3. The van der Waals surface area contributed by atoms with Gasteiger partial charge in [0.05, 0.1) is 5.69 Å². The van der Waals surface area contributed by atoms with Crippen LogP contribution >= 0.6 is 24.0 Å². The summed E-state index contributed by atoms with van der Waals surface area (Å²) in [6.45, 7) is 10.5. The maximum atomic E-state index is 5.33. The monoisotopic (exact) mass is 456 g/mol. The molecule has 0 bridgehead atoms. The second-order valence-corrected chi connectivity index (χ2v) is 6.23. The van der Waals surface area contributed by atoms with Crippen LogP contribution in [0.3, 0.4) is 0 Å². The van der Waals surface area contributed by atoms with Gasteiger partial charge in [0.1, 0.15) is 6.54 Å². The Labute approximate surface area is 167 Å².